The van der Waals surface area contributed by atoms with Crippen LogP contribution < -0.4 is 14.8 Å². The van der Waals surface area contributed by atoms with Crippen LogP contribution in [0.2, 0.25) is 0 Å². The van der Waals surface area contributed by atoms with E-state index in [4.69, 9.17) is 9.47 Å². The molecule has 0 aliphatic carbocycles. The van der Waals surface area contributed by atoms with E-state index in [-0.39, 0.29) is 11.8 Å². The molecule has 8 heteroatoms. The number of amides is 2. The summed E-state index contributed by atoms with van der Waals surface area (Å²) in [6, 6.07) is 8.87. The topological polar surface area (TPSA) is 71.1 Å². The van der Waals surface area contributed by atoms with Crippen LogP contribution in [0.5, 0.6) is 11.5 Å². The minimum atomic E-state index is -0.146. The van der Waals surface area contributed by atoms with Gasteiger partial charge in [0, 0.05) is 44.8 Å². The SMILES string of the molecule is COc1ccc(C(=O)NCCN2CCN(C(=O)c3cccs3)CC2)cc1OC. The predicted octanol–water partition coefficient (Wildman–Crippen LogP) is 1.95. The second-order valence-electron chi connectivity index (χ2n) is 6.44. The van der Waals surface area contributed by atoms with Gasteiger partial charge in [0.1, 0.15) is 0 Å². The lowest BCUT2D eigenvalue weighted by molar-refractivity contribution is 0.0642. The Morgan fingerprint density at radius 1 is 1.07 bits per heavy atom. The second-order valence-corrected chi connectivity index (χ2v) is 7.38. The van der Waals surface area contributed by atoms with E-state index >= 15 is 0 Å². The summed E-state index contributed by atoms with van der Waals surface area (Å²) in [4.78, 5) is 29.7. The fourth-order valence-electron chi connectivity index (χ4n) is 3.14. The molecule has 1 aromatic carbocycles. The number of carbonyl (C=O) groups excluding carboxylic acids is 2. The van der Waals surface area contributed by atoms with E-state index in [9.17, 15) is 9.59 Å². The van der Waals surface area contributed by atoms with Gasteiger partial charge in [-0.05, 0) is 29.6 Å². The van der Waals surface area contributed by atoms with Gasteiger partial charge < -0.3 is 19.7 Å². The number of carbonyl (C=O) groups is 2. The van der Waals surface area contributed by atoms with E-state index in [0.29, 0.717) is 36.7 Å². The van der Waals surface area contributed by atoms with Gasteiger partial charge >= 0.3 is 0 Å². The maximum atomic E-state index is 12.4. The lowest BCUT2D eigenvalue weighted by Gasteiger charge is -2.34. The molecule has 2 amide bonds. The van der Waals surface area contributed by atoms with Crippen molar-refractivity contribution in [2.24, 2.45) is 0 Å². The molecule has 2 aromatic rings. The number of hydrogen-bond acceptors (Lipinski definition) is 6. The van der Waals surface area contributed by atoms with E-state index in [2.05, 4.69) is 10.2 Å². The zero-order valence-electron chi connectivity index (χ0n) is 16.1. The highest BCUT2D eigenvalue weighted by molar-refractivity contribution is 7.12. The molecule has 1 aliphatic rings. The molecule has 1 aliphatic heterocycles. The Kier molecular flexibility index (Phi) is 6.89. The Morgan fingerprint density at radius 3 is 2.46 bits per heavy atom. The van der Waals surface area contributed by atoms with E-state index in [1.807, 2.05) is 22.4 Å². The van der Waals surface area contributed by atoms with Crippen molar-refractivity contribution in [3.05, 3.63) is 46.2 Å². The number of nitrogens with zero attached hydrogens (tertiary/aromatic N) is 2. The van der Waals surface area contributed by atoms with Gasteiger partial charge in [-0.3, -0.25) is 14.5 Å². The van der Waals surface area contributed by atoms with E-state index in [0.717, 1.165) is 24.5 Å². The normalized spacial score (nSPS) is 14.6. The quantitative estimate of drug-likeness (QED) is 0.765. The standard InChI is InChI=1S/C20H25N3O4S/c1-26-16-6-5-15(14-17(16)27-2)19(24)21-7-8-22-9-11-23(12-10-22)20(25)18-4-3-13-28-18/h3-6,13-14H,7-12H2,1-2H3,(H,21,24). The molecular weight excluding hydrogens is 378 g/mol. The van der Waals surface area contributed by atoms with Gasteiger partial charge in [-0.2, -0.15) is 0 Å². The number of thiophene rings is 1. The summed E-state index contributed by atoms with van der Waals surface area (Å²) in [7, 11) is 3.10. The maximum absolute atomic E-state index is 12.4. The molecule has 0 unspecified atom stereocenters. The first-order valence-electron chi connectivity index (χ1n) is 9.17. The summed E-state index contributed by atoms with van der Waals surface area (Å²) in [5.74, 6) is 1.08. The molecular formula is C20H25N3O4S. The fourth-order valence-corrected chi connectivity index (χ4v) is 3.83. The van der Waals surface area contributed by atoms with Crippen molar-refractivity contribution in [3.8, 4) is 11.5 Å². The molecule has 1 N–H and O–H groups in total. The Balaban J connectivity index is 1.42. The highest BCUT2D eigenvalue weighted by Gasteiger charge is 2.22. The van der Waals surface area contributed by atoms with Crippen molar-refractivity contribution in [1.29, 1.82) is 0 Å². The van der Waals surface area contributed by atoms with E-state index in [1.54, 1.807) is 32.4 Å². The monoisotopic (exact) mass is 403 g/mol. The van der Waals surface area contributed by atoms with Crippen LogP contribution in [-0.2, 0) is 0 Å². The molecule has 1 aromatic heterocycles. The van der Waals surface area contributed by atoms with Crippen molar-refractivity contribution in [2.45, 2.75) is 0 Å². The summed E-state index contributed by atoms with van der Waals surface area (Å²) in [6.45, 7) is 4.33. The number of rotatable bonds is 7. The van der Waals surface area contributed by atoms with Gasteiger partial charge in [0.15, 0.2) is 11.5 Å². The summed E-state index contributed by atoms with van der Waals surface area (Å²) in [5.41, 5.74) is 0.531. The van der Waals surface area contributed by atoms with Gasteiger partial charge in [-0.1, -0.05) is 6.07 Å². The Labute approximate surface area is 168 Å². The zero-order chi connectivity index (χ0) is 19.9. The van der Waals surface area contributed by atoms with Gasteiger partial charge in [0.25, 0.3) is 11.8 Å². The Morgan fingerprint density at radius 2 is 1.82 bits per heavy atom. The summed E-state index contributed by atoms with van der Waals surface area (Å²) in [5, 5.41) is 4.86. The third-order valence-corrected chi connectivity index (χ3v) is 5.61. The zero-order valence-corrected chi connectivity index (χ0v) is 17.0. The average Bonchev–Trinajstić information content (AvgIpc) is 3.28. The van der Waals surface area contributed by atoms with Gasteiger partial charge in [-0.15, -0.1) is 11.3 Å². The lowest BCUT2D eigenvalue weighted by atomic mass is 10.2. The van der Waals surface area contributed by atoms with Gasteiger partial charge in [0.05, 0.1) is 19.1 Å². The van der Waals surface area contributed by atoms with Crippen LogP contribution in [0.3, 0.4) is 0 Å². The lowest BCUT2D eigenvalue weighted by Crippen LogP contribution is -2.50. The molecule has 0 radical (unpaired) electrons. The van der Waals surface area contributed by atoms with Crippen molar-refractivity contribution < 1.29 is 19.1 Å². The number of piperazine rings is 1. The third-order valence-electron chi connectivity index (χ3n) is 4.75. The number of hydrogen-bond donors (Lipinski definition) is 1. The first kappa shape index (κ1) is 20.2. The minimum Gasteiger partial charge on any atom is -0.493 e. The molecule has 0 saturated carbocycles. The summed E-state index contributed by atoms with van der Waals surface area (Å²) in [6.07, 6.45) is 0. The van der Waals surface area contributed by atoms with Crippen LogP contribution in [0, 0.1) is 0 Å². The maximum Gasteiger partial charge on any atom is 0.264 e. The van der Waals surface area contributed by atoms with Crippen molar-refractivity contribution >= 4 is 23.2 Å². The van der Waals surface area contributed by atoms with Crippen LogP contribution in [0.1, 0.15) is 20.0 Å². The minimum absolute atomic E-state index is 0.108. The molecule has 7 nitrogen and oxygen atoms in total. The predicted molar refractivity (Wildman–Crippen MR) is 109 cm³/mol. The molecule has 0 atom stereocenters. The summed E-state index contributed by atoms with van der Waals surface area (Å²) < 4.78 is 10.4. The molecule has 1 fully saturated rings. The van der Waals surface area contributed by atoms with Crippen LogP contribution in [0.4, 0.5) is 0 Å². The molecule has 2 heterocycles. The van der Waals surface area contributed by atoms with Crippen LogP contribution in [0.25, 0.3) is 0 Å². The van der Waals surface area contributed by atoms with Gasteiger partial charge in [0.2, 0.25) is 0 Å². The smallest absolute Gasteiger partial charge is 0.264 e. The van der Waals surface area contributed by atoms with Crippen molar-refractivity contribution in [3.63, 3.8) is 0 Å². The largest absolute Gasteiger partial charge is 0.493 e. The molecule has 0 bridgehead atoms. The Bertz CT molecular complexity index is 802. The number of methoxy groups -OCH3 is 2. The molecule has 150 valence electrons. The van der Waals surface area contributed by atoms with Crippen molar-refractivity contribution in [1.82, 2.24) is 15.1 Å². The summed E-state index contributed by atoms with van der Waals surface area (Å²) >= 11 is 1.48. The van der Waals surface area contributed by atoms with Crippen LogP contribution in [-0.4, -0.2) is 75.1 Å². The molecule has 0 spiro atoms. The van der Waals surface area contributed by atoms with Gasteiger partial charge in [-0.25, -0.2) is 0 Å². The van der Waals surface area contributed by atoms with Crippen molar-refractivity contribution in [2.75, 3.05) is 53.5 Å². The van der Waals surface area contributed by atoms with E-state index < -0.39 is 0 Å². The molecule has 3 rings (SSSR count). The molecule has 28 heavy (non-hydrogen) atoms. The Hall–Kier alpha value is -2.58. The highest BCUT2D eigenvalue weighted by Crippen LogP contribution is 2.27. The number of ether oxygens (including phenoxy) is 2. The van der Waals surface area contributed by atoms with Crippen LogP contribution >= 0.6 is 11.3 Å². The molecule has 1 saturated heterocycles. The van der Waals surface area contributed by atoms with Crippen LogP contribution in [0.15, 0.2) is 35.7 Å². The third kappa shape index (κ3) is 4.82. The fraction of sp³-hybridized carbons (Fsp3) is 0.400. The average molecular weight is 404 g/mol. The highest BCUT2D eigenvalue weighted by atomic mass is 32.1. The second kappa shape index (κ2) is 9.57. The number of nitrogens with one attached hydrogen (secondary N) is 1. The number of benzene rings is 1. The van der Waals surface area contributed by atoms with E-state index in [1.165, 1.54) is 11.3 Å². The first-order valence-corrected chi connectivity index (χ1v) is 10.1. The first-order chi connectivity index (χ1) is 13.6.